The van der Waals surface area contributed by atoms with Crippen molar-refractivity contribution in [3.63, 3.8) is 0 Å². The quantitative estimate of drug-likeness (QED) is 0.579. The van der Waals surface area contributed by atoms with E-state index in [1.165, 1.54) is 6.07 Å². The summed E-state index contributed by atoms with van der Waals surface area (Å²) in [5.74, 6) is 1.06. The van der Waals surface area contributed by atoms with Gasteiger partial charge in [0, 0.05) is 12.5 Å². The Balaban J connectivity index is 2.64. The van der Waals surface area contributed by atoms with Crippen LogP contribution in [0, 0.1) is 24.0 Å². The number of unbranched alkanes of at least 4 members (excludes halogenated alkanes) is 1. The lowest BCUT2D eigenvalue weighted by molar-refractivity contribution is 0.454. The highest BCUT2D eigenvalue weighted by atomic mass is 19.2. The van der Waals surface area contributed by atoms with Gasteiger partial charge in [0.05, 0.1) is 0 Å². The van der Waals surface area contributed by atoms with Gasteiger partial charge in [-0.05, 0) is 37.4 Å². The van der Waals surface area contributed by atoms with E-state index in [4.69, 9.17) is 6.42 Å². The van der Waals surface area contributed by atoms with Crippen molar-refractivity contribution < 1.29 is 8.78 Å². The molecule has 1 rings (SSSR count). The van der Waals surface area contributed by atoms with Crippen LogP contribution in [-0.2, 0) is 6.42 Å². The topological polar surface area (TPSA) is 12.0 Å². The fourth-order valence-corrected chi connectivity index (χ4v) is 1.99. The zero-order valence-electron chi connectivity index (χ0n) is 10.7. The zero-order valence-corrected chi connectivity index (χ0v) is 10.7. The Morgan fingerprint density at radius 3 is 2.83 bits per heavy atom. The minimum Gasteiger partial charge on any atom is -0.314 e. The summed E-state index contributed by atoms with van der Waals surface area (Å²) in [5, 5.41) is 3.28. The maximum absolute atomic E-state index is 13.6. The Morgan fingerprint density at radius 1 is 1.39 bits per heavy atom. The van der Waals surface area contributed by atoms with Gasteiger partial charge in [-0.25, -0.2) is 8.78 Å². The number of hydrogen-bond acceptors (Lipinski definition) is 1. The number of benzene rings is 1. The van der Waals surface area contributed by atoms with E-state index in [2.05, 4.69) is 11.2 Å². The summed E-state index contributed by atoms with van der Waals surface area (Å²) in [6.07, 6.45) is 8.17. The predicted molar refractivity (Wildman–Crippen MR) is 70.2 cm³/mol. The highest BCUT2D eigenvalue weighted by Gasteiger charge is 2.13. The second-order valence-corrected chi connectivity index (χ2v) is 4.27. The molecule has 0 amide bonds. The molecule has 0 aliphatic carbocycles. The van der Waals surface area contributed by atoms with Gasteiger partial charge in [0.1, 0.15) is 0 Å². The van der Waals surface area contributed by atoms with Crippen LogP contribution in [0.4, 0.5) is 8.78 Å². The average molecular weight is 251 g/mol. The summed E-state index contributed by atoms with van der Waals surface area (Å²) in [7, 11) is 0. The lowest BCUT2D eigenvalue weighted by atomic mass is 10.0. The van der Waals surface area contributed by atoms with Crippen LogP contribution in [0.3, 0.4) is 0 Å². The Kier molecular flexibility index (Phi) is 6.38. The number of hydrogen-bond donors (Lipinski definition) is 1. The standard InChI is InChI=1S/C15H19F2N/c1-3-5-6-9-13(18-4-2)11-12-8-7-10-14(16)15(12)17/h1,7-8,10,13,18H,4-6,9,11H2,2H3. The van der Waals surface area contributed by atoms with Crippen LogP contribution in [-0.4, -0.2) is 12.6 Å². The third-order valence-electron chi connectivity index (χ3n) is 2.86. The van der Waals surface area contributed by atoms with Crippen molar-refractivity contribution in [1.82, 2.24) is 5.32 Å². The normalized spacial score (nSPS) is 12.1. The van der Waals surface area contributed by atoms with Gasteiger partial charge in [-0.1, -0.05) is 19.1 Å². The van der Waals surface area contributed by atoms with Gasteiger partial charge < -0.3 is 5.32 Å². The lowest BCUT2D eigenvalue weighted by Gasteiger charge is -2.18. The smallest absolute Gasteiger partial charge is 0.162 e. The van der Waals surface area contributed by atoms with E-state index >= 15 is 0 Å². The molecule has 1 nitrogen and oxygen atoms in total. The van der Waals surface area contributed by atoms with Crippen molar-refractivity contribution in [2.45, 2.75) is 38.6 Å². The minimum atomic E-state index is -0.786. The van der Waals surface area contributed by atoms with Gasteiger partial charge in [0.2, 0.25) is 0 Å². The van der Waals surface area contributed by atoms with Gasteiger partial charge in [0.15, 0.2) is 11.6 Å². The molecular formula is C15H19F2N. The summed E-state index contributed by atoms with van der Waals surface area (Å²) < 4.78 is 26.7. The molecule has 0 saturated heterocycles. The molecule has 0 radical (unpaired) electrons. The lowest BCUT2D eigenvalue weighted by Crippen LogP contribution is -2.31. The monoisotopic (exact) mass is 251 g/mol. The first-order chi connectivity index (χ1) is 8.69. The largest absolute Gasteiger partial charge is 0.314 e. The molecule has 1 N–H and O–H groups in total. The maximum atomic E-state index is 13.6. The molecule has 0 saturated carbocycles. The van der Waals surface area contributed by atoms with Crippen LogP contribution in [0.15, 0.2) is 18.2 Å². The number of nitrogens with one attached hydrogen (secondary N) is 1. The van der Waals surface area contributed by atoms with Crippen LogP contribution in [0.1, 0.15) is 31.7 Å². The van der Waals surface area contributed by atoms with Crippen LogP contribution in [0.5, 0.6) is 0 Å². The van der Waals surface area contributed by atoms with Crippen LogP contribution in [0.2, 0.25) is 0 Å². The molecule has 1 atom stereocenters. The number of terminal acetylenes is 1. The van der Waals surface area contributed by atoms with Crippen molar-refractivity contribution in [3.8, 4) is 12.3 Å². The van der Waals surface area contributed by atoms with Gasteiger partial charge in [-0.2, -0.15) is 0 Å². The van der Waals surface area contributed by atoms with Crippen molar-refractivity contribution in [2.75, 3.05) is 6.54 Å². The summed E-state index contributed by atoms with van der Waals surface area (Å²) >= 11 is 0. The highest BCUT2D eigenvalue weighted by Crippen LogP contribution is 2.15. The van der Waals surface area contributed by atoms with Gasteiger partial charge in [-0.3, -0.25) is 0 Å². The first-order valence-electron chi connectivity index (χ1n) is 6.28. The Morgan fingerprint density at radius 2 is 2.17 bits per heavy atom. The fourth-order valence-electron chi connectivity index (χ4n) is 1.99. The molecule has 3 heteroatoms. The highest BCUT2D eigenvalue weighted by molar-refractivity contribution is 5.20. The van der Waals surface area contributed by atoms with Crippen LogP contribution in [0.25, 0.3) is 0 Å². The molecule has 98 valence electrons. The van der Waals surface area contributed by atoms with Gasteiger partial charge in [0.25, 0.3) is 0 Å². The second-order valence-electron chi connectivity index (χ2n) is 4.27. The number of halogens is 2. The van der Waals surface area contributed by atoms with E-state index in [9.17, 15) is 8.78 Å². The molecule has 0 fully saturated rings. The number of rotatable bonds is 7. The van der Waals surface area contributed by atoms with Crippen molar-refractivity contribution in [3.05, 3.63) is 35.4 Å². The van der Waals surface area contributed by atoms with Gasteiger partial charge in [-0.15, -0.1) is 12.3 Å². The van der Waals surface area contributed by atoms with E-state index in [0.717, 1.165) is 25.5 Å². The minimum absolute atomic E-state index is 0.139. The Bertz CT molecular complexity index is 409. The zero-order chi connectivity index (χ0) is 13.4. The van der Waals surface area contributed by atoms with E-state index in [-0.39, 0.29) is 6.04 Å². The molecule has 0 aromatic heterocycles. The molecule has 1 unspecified atom stereocenters. The summed E-state index contributed by atoms with van der Waals surface area (Å²) in [6, 6.07) is 4.45. The summed E-state index contributed by atoms with van der Waals surface area (Å²) in [6.45, 7) is 2.80. The van der Waals surface area contributed by atoms with E-state index in [1.807, 2.05) is 6.92 Å². The van der Waals surface area contributed by atoms with Crippen molar-refractivity contribution in [2.24, 2.45) is 0 Å². The second kappa shape index (κ2) is 7.84. The molecule has 0 aliphatic rings. The maximum Gasteiger partial charge on any atom is 0.162 e. The first-order valence-corrected chi connectivity index (χ1v) is 6.28. The van der Waals surface area contributed by atoms with E-state index in [0.29, 0.717) is 18.4 Å². The molecule has 0 heterocycles. The van der Waals surface area contributed by atoms with Crippen LogP contribution < -0.4 is 5.32 Å². The van der Waals surface area contributed by atoms with Crippen molar-refractivity contribution in [1.29, 1.82) is 0 Å². The average Bonchev–Trinajstić information content (AvgIpc) is 2.35. The number of likely N-dealkylation sites (N-methyl/N-ethyl adjacent to an activating group) is 1. The Hall–Kier alpha value is -1.40. The van der Waals surface area contributed by atoms with E-state index in [1.54, 1.807) is 6.07 Å². The van der Waals surface area contributed by atoms with E-state index < -0.39 is 11.6 Å². The predicted octanol–water partition coefficient (Wildman–Crippen LogP) is 3.29. The molecule has 0 aliphatic heterocycles. The molecule has 18 heavy (non-hydrogen) atoms. The molecule has 1 aromatic rings. The fraction of sp³-hybridized carbons (Fsp3) is 0.467. The van der Waals surface area contributed by atoms with Gasteiger partial charge >= 0.3 is 0 Å². The molecule has 1 aromatic carbocycles. The summed E-state index contributed by atoms with van der Waals surface area (Å²) in [4.78, 5) is 0. The third-order valence-corrected chi connectivity index (χ3v) is 2.86. The SMILES string of the molecule is C#CCCCC(Cc1cccc(F)c1F)NCC. The molecule has 0 spiro atoms. The third kappa shape index (κ3) is 4.46. The molecule has 0 bridgehead atoms. The van der Waals surface area contributed by atoms with Crippen molar-refractivity contribution >= 4 is 0 Å². The molecular weight excluding hydrogens is 232 g/mol. The first kappa shape index (κ1) is 14.7. The van der Waals surface area contributed by atoms with Crippen LogP contribution >= 0.6 is 0 Å². The Labute approximate surface area is 108 Å². The summed E-state index contributed by atoms with van der Waals surface area (Å²) in [5.41, 5.74) is 0.418.